The number of carbonyl (C=O) groups is 1. The largest absolute Gasteiger partial charge is 0.478 e. The van der Waals surface area contributed by atoms with Crippen molar-refractivity contribution in [1.82, 2.24) is 4.98 Å². The van der Waals surface area contributed by atoms with Gasteiger partial charge in [-0.25, -0.2) is 9.78 Å². The average molecular weight is 245 g/mol. The van der Waals surface area contributed by atoms with Gasteiger partial charge in [-0.3, -0.25) is 0 Å². The molecule has 18 heavy (non-hydrogen) atoms. The van der Waals surface area contributed by atoms with Crippen LogP contribution in [0.4, 0.5) is 5.82 Å². The normalized spacial score (nSPS) is 12.1. The van der Waals surface area contributed by atoms with Crippen molar-refractivity contribution in [3.05, 3.63) is 30.0 Å². The van der Waals surface area contributed by atoms with Crippen LogP contribution in [0.15, 0.2) is 24.4 Å². The first-order valence-electron chi connectivity index (χ1n) is 5.50. The molecule has 1 N–H and O–H groups in total. The van der Waals surface area contributed by atoms with Crippen molar-refractivity contribution < 1.29 is 9.90 Å². The number of rotatable bonds is 5. The number of hydrogen-bond donors (Lipinski definition) is 1. The molecule has 1 aromatic rings. The monoisotopic (exact) mass is 245 g/mol. The Morgan fingerprint density at radius 2 is 2.39 bits per heavy atom. The first kappa shape index (κ1) is 13.7. The Balaban J connectivity index is 2.71. The Labute approximate surface area is 106 Å². The van der Waals surface area contributed by atoms with E-state index in [1.54, 1.807) is 18.3 Å². The maximum atomic E-state index is 10.4. The van der Waals surface area contributed by atoms with Crippen LogP contribution in [0.2, 0.25) is 0 Å². The zero-order chi connectivity index (χ0) is 13.5. The number of carboxylic acids is 1. The van der Waals surface area contributed by atoms with Gasteiger partial charge in [0.1, 0.15) is 5.82 Å². The van der Waals surface area contributed by atoms with E-state index >= 15 is 0 Å². The molecule has 0 radical (unpaired) electrons. The molecule has 0 spiro atoms. The second-order valence-electron chi connectivity index (χ2n) is 4.03. The first-order valence-corrected chi connectivity index (χ1v) is 5.50. The third kappa shape index (κ3) is 4.26. The second kappa shape index (κ2) is 6.40. The van der Waals surface area contributed by atoms with Crippen LogP contribution in [-0.4, -0.2) is 29.7 Å². The first-order chi connectivity index (χ1) is 8.52. The fraction of sp³-hybridized carbons (Fsp3) is 0.308. The molecule has 1 atom stereocenters. The van der Waals surface area contributed by atoms with Crippen molar-refractivity contribution in [2.75, 3.05) is 18.5 Å². The highest BCUT2D eigenvalue weighted by molar-refractivity contribution is 5.85. The van der Waals surface area contributed by atoms with Crippen molar-refractivity contribution >= 4 is 17.9 Å². The quantitative estimate of drug-likeness (QED) is 0.800. The van der Waals surface area contributed by atoms with Crippen molar-refractivity contribution in [3.63, 3.8) is 0 Å². The maximum Gasteiger partial charge on any atom is 0.328 e. The minimum absolute atomic E-state index is 0.0663. The van der Waals surface area contributed by atoms with Gasteiger partial charge in [0.15, 0.2) is 0 Å². The van der Waals surface area contributed by atoms with Gasteiger partial charge in [-0.2, -0.15) is 5.26 Å². The van der Waals surface area contributed by atoms with Crippen LogP contribution in [0, 0.1) is 17.2 Å². The van der Waals surface area contributed by atoms with E-state index in [1.807, 2.05) is 18.9 Å². The van der Waals surface area contributed by atoms with Gasteiger partial charge in [-0.1, -0.05) is 0 Å². The van der Waals surface area contributed by atoms with E-state index in [4.69, 9.17) is 10.4 Å². The van der Waals surface area contributed by atoms with Gasteiger partial charge in [0, 0.05) is 25.9 Å². The summed E-state index contributed by atoms with van der Waals surface area (Å²) in [5, 5.41) is 17.2. The highest BCUT2D eigenvalue weighted by Crippen LogP contribution is 2.12. The number of carboxylic acid groups (broad SMARTS) is 1. The van der Waals surface area contributed by atoms with Crippen LogP contribution in [0.1, 0.15) is 12.5 Å². The van der Waals surface area contributed by atoms with Crippen molar-refractivity contribution in [1.29, 1.82) is 5.26 Å². The molecule has 0 aliphatic rings. The predicted octanol–water partition coefficient (Wildman–Crippen LogP) is 1.78. The predicted molar refractivity (Wildman–Crippen MR) is 69.0 cm³/mol. The standard InChI is InChI=1S/C13H15N3O2/c1-10(7-14)9-16(2)12-5-3-11(8-15-12)4-6-13(17)18/h3-6,8,10H,9H2,1-2H3,(H,17,18)/b6-4+. The Bertz CT molecular complexity index is 474. The van der Waals surface area contributed by atoms with E-state index in [-0.39, 0.29) is 5.92 Å². The van der Waals surface area contributed by atoms with Gasteiger partial charge in [0.05, 0.1) is 12.0 Å². The van der Waals surface area contributed by atoms with Gasteiger partial charge < -0.3 is 10.0 Å². The van der Waals surface area contributed by atoms with E-state index in [0.29, 0.717) is 6.54 Å². The minimum Gasteiger partial charge on any atom is -0.478 e. The number of anilines is 1. The third-order valence-corrected chi connectivity index (χ3v) is 2.35. The Kier molecular flexibility index (Phi) is 4.88. The summed E-state index contributed by atoms with van der Waals surface area (Å²) in [4.78, 5) is 16.5. The van der Waals surface area contributed by atoms with E-state index in [9.17, 15) is 4.79 Å². The Morgan fingerprint density at radius 1 is 1.67 bits per heavy atom. The zero-order valence-electron chi connectivity index (χ0n) is 10.4. The molecule has 1 heterocycles. The maximum absolute atomic E-state index is 10.4. The van der Waals surface area contributed by atoms with E-state index in [0.717, 1.165) is 17.5 Å². The molecule has 0 bridgehead atoms. The lowest BCUT2D eigenvalue weighted by Crippen LogP contribution is -2.23. The number of aliphatic carboxylic acids is 1. The summed E-state index contributed by atoms with van der Waals surface area (Å²) in [6.45, 7) is 2.45. The van der Waals surface area contributed by atoms with Crippen LogP contribution < -0.4 is 4.90 Å². The summed E-state index contributed by atoms with van der Waals surface area (Å²) in [5.74, 6) is -0.299. The molecule has 5 nitrogen and oxygen atoms in total. The second-order valence-corrected chi connectivity index (χ2v) is 4.03. The minimum atomic E-state index is -0.987. The SMILES string of the molecule is CC(C#N)CN(C)c1ccc(/C=C/C(=O)O)cn1. The van der Waals surface area contributed by atoms with Crippen LogP contribution in [0.3, 0.4) is 0 Å². The van der Waals surface area contributed by atoms with Crippen molar-refractivity contribution in [3.8, 4) is 6.07 Å². The van der Waals surface area contributed by atoms with Crippen LogP contribution >= 0.6 is 0 Å². The topological polar surface area (TPSA) is 77.2 Å². The third-order valence-electron chi connectivity index (χ3n) is 2.35. The fourth-order valence-corrected chi connectivity index (χ4v) is 1.43. The van der Waals surface area contributed by atoms with Crippen LogP contribution in [0.25, 0.3) is 6.08 Å². The molecule has 0 fully saturated rings. The molecule has 5 heteroatoms. The molecular formula is C13H15N3O2. The molecule has 1 unspecified atom stereocenters. The number of pyridine rings is 1. The highest BCUT2D eigenvalue weighted by atomic mass is 16.4. The Morgan fingerprint density at radius 3 is 2.89 bits per heavy atom. The number of hydrogen-bond acceptors (Lipinski definition) is 4. The molecule has 94 valence electrons. The number of aromatic nitrogens is 1. The van der Waals surface area contributed by atoms with Gasteiger partial charge in [0.25, 0.3) is 0 Å². The lowest BCUT2D eigenvalue weighted by molar-refractivity contribution is -0.131. The zero-order valence-corrected chi connectivity index (χ0v) is 10.4. The molecule has 1 rings (SSSR count). The van der Waals surface area contributed by atoms with E-state index in [1.165, 1.54) is 6.08 Å². The Hall–Kier alpha value is -2.35. The summed E-state index contributed by atoms with van der Waals surface area (Å²) < 4.78 is 0. The molecule has 0 amide bonds. The summed E-state index contributed by atoms with van der Waals surface area (Å²) in [6, 6.07) is 5.75. The molecule has 0 saturated carbocycles. The van der Waals surface area contributed by atoms with Crippen LogP contribution in [-0.2, 0) is 4.79 Å². The van der Waals surface area contributed by atoms with E-state index in [2.05, 4.69) is 11.1 Å². The summed E-state index contributed by atoms with van der Waals surface area (Å²) in [6.07, 6.45) is 4.15. The average Bonchev–Trinajstić information content (AvgIpc) is 2.36. The number of nitriles is 1. The van der Waals surface area contributed by atoms with Gasteiger partial charge in [-0.05, 0) is 30.7 Å². The van der Waals surface area contributed by atoms with Crippen molar-refractivity contribution in [2.45, 2.75) is 6.92 Å². The van der Waals surface area contributed by atoms with Gasteiger partial charge in [0.2, 0.25) is 0 Å². The summed E-state index contributed by atoms with van der Waals surface area (Å²) in [5.41, 5.74) is 0.725. The fourth-order valence-electron chi connectivity index (χ4n) is 1.43. The lowest BCUT2D eigenvalue weighted by Gasteiger charge is -2.19. The van der Waals surface area contributed by atoms with Crippen LogP contribution in [0.5, 0.6) is 0 Å². The van der Waals surface area contributed by atoms with Crippen molar-refractivity contribution in [2.24, 2.45) is 5.92 Å². The smallest absolute Gasteiger partial charge is 0.328 e. The van der Waals surface area contributed by atoms with E-state index < -0.39 is 5.97 Å². The van der Waals surface area contributed by atoms with Gasteiger partial charge >= 0.3 is 5.97 Å². The molecule has 0 aliphatic heterocycles. The molecule has 0 aliphatic carbocycles. The summed E-state index contributed by atoms with van der Waals surface area (Å²) >= 11 is 0. The molecular weight excluding hydrogens is 230 g/mol. The molecule has 1 aromatic heterocycles. The molecule has 0 saturated heterocycles. The lowest BCUT2D eigenvalue weighted by atomic mass is 10.2. The van der Waals surface area contributed by atoms with Gasteiger partial charge in [-0.15, -0.1) is 0 Å². The number of nitrogens with zero attached hydrogens (tertiary/aromatic N) is 3. The summed E-state index contributed by atoms with van der Waals surface area (Å²) in [7, 11) is 1.86. The molecule has 0 aromatic carbocycles. The highest BCUT2D eigenvalue weighted by Gasteiger charge is 2.06.